The van der Waals surface area contributed by atoms with Crippen LogP contribution in [0.3, 0.4) is 0 Å². The number of nitrogens with one attached hydrogen (secondary N) is 3. The molecule has 248 valence electrons. The molecule has 12 heteroatoms. The predicted molar refractivity (Wildman–Crippen MR) is 166 cm³/mol. The fourth-order valence-electron chi connectivity index (χ4n) is 6.35. The lowest BCUT2D eigenvalue weighted by atomic mass is 9.92. The van der Waals surface area contributed by atoms with Crippen LogP contribution in [0.25, 0.3) is 0 Å². The molecule has 1 saturated heterocycles. The van der Waals surface area contributed by atoms with Crippen molar-refractivity contribution in [2.75, 3.05) is 6.54 Å². The number of rotatable bonds is 15. The normalized spacial score (nSPS) is 21.9. The molecule has 1 aliphatic heterocycles. The summed E-state index contributed by atoms with van der Waals surface area (Å²) in [5, 5.41) is 27.6. The van der Waals surface area contributed by atoms with E-state index in [0.29, 0.717) is 24.9 Å². The summed E-state index contributed by atoms with van der Waals surface area (Å²) in [4.78, 5) is 80.1. The van der Waals surface area contributed by atoms with Crippen molar-refractivity contribution in [3.05, 3.63) is 35.9 Å². The molecule has 1 aliphatic carbocycles. The Morgan fingerprint density at radius 1 is 0.911 bits per heavy atom. The first-order chi connectivity index (χ1) is 21.3. The molecule has 2 aliphatic rings. The first-order valence-electron chi connectivity index (χ1n) is 16.0. The largest absolute Gasteiger partial charge is 0.480 e. The molecule has 1 aromatic carbocycles. The van der Waals surface area contributed by atoms with Gasteiger partial charge in [0.2, 0.25) is 23.5 Å². The molecule has 2 unspecified atom stereocenters. The Balaban J connectivity index is 1.78. The highest BCUT2D eigenvalue weighted by atomic mass is 16.4. The zero-order valence-corrected chi connectivity index (χ0v) is 26.8. The molecule has 1 aromatic rings. The third-order valence-electron chi connectivity index (χ3n) is 8.89. The first-order valence-corrected chi connectivity index (χ1v) is 16.0. The monoisotopic (exact) mass is 628 g/mol. The third kappa shape index (κ3) is 8.90. The average molecular weight is 629 g/mol. The summed E-state index contributed by atoms with van der Waals surface area (Å²) in [6.07, 6.45) is 1.71. The van der Waals surface area contributed by atoms with E-state index in [0.717, 1.165) is 12.8 Å². The van der Waals surface area contributed by atoms with E-state index in [2.05, 4.69) is 16.0 Å². The van der Waals surface area contributed by atoms with Crippen molar-refractivity contribution in [1.29, 1.82) is 0 Å². The Hall–Kier alpha value is -3.80. The molecule has 45 heavy (non-hydrogen) atoms. The number of nitrogens with zero attached hydrogens (tertiary/aromatic N) is 1. The lowest BCUT2D eigenvalue weighted by Crippen LogP contribution is -2.59. The second kappa shape index (κ2) is 16.0. The van der Waals surface area contributed by atoms with Crippen molar-refractivity contribution in [2.45, 2.75) is 103 Å². The number of carboxylic acid groups (broad SMARTS) is 1. The summed E-state index contributed by atoms with van der Waals surface area (Å²) in [6.45, 7) is 9.04. The van der Waals surface area contributed by atoms with E-state index in [1.165, 1.54) is 4.90 Å². The molecule has 0 aromatic heterocycles. The zero-order valence-electron chi connectivity index (χ0n) is 26.8. The number of carbonyl (C=O) groups is 6. The Morgan fingerprint density at radius 2 is 1.58 bits per heavy atom. The highest BCUT2D eigenvalue weighted by Crippen LogP contribution is 2.42. The number of fused-ring (bicyclic) bond motifs is 1. The zero-order chi connectivity index (χ0) is 33.4. The maximum absolute atomic E-state index is 13.9. The Labute approximate surface area is 264 Å². The van der Waals surface area contributed by atoms with Crippen LogP contribution in [0.15, 0.2) is 30.3 Å². The number of likely N-dealkylation sites (tertiary alicyclic amines) is 1. The van der Waals surface area contributed by atoms with E-state index in [4.69, 9.17) is 0 Å². The summed E-state index contributed by atoms with van der Waals surface area (Å²) < 4.78 is 0. The average Bonchev–Trinajstić information content (AvgIpc) is 3.60. The molecule has 2 fully saturated rings. The number of carboxylic acids is 1. The fraction of sp³-hybridized carbons (Fsp3) is 0.636. The van der Waals surface area contributed by atoms with Crippen molar-refractivity contribution >= 4 is 35.4 Å². The highest BCUT2D eigenvalue weighted by Gasteiger charge is 2.51. The van der Waals surface area contributed by atoms with E-state index in [1.807, 2.05) is 0 Å². The van der Waals surface area contributed by atoms with E-state index >= 15 is 0 Å². The first kappa shape index (κ1) is 35.7. The van der Waals surface area contributed by atoms with Gasteiger partial charge in [0.05, 0.1) is 6.04 Å². The number of Topliss-reactive ketones (excluding diaryl/α,β-unsaturated/α-hetero) is 1. The van der Waals surface area contributed by atoms with Gasteiger partial charge in [0.1, 0.15) is 24.2 Å². The van der Waals surface area contributed by atoms with Crippen LogP contribution in [0.1, 0.15) is 72.3 Å². The van der Waals surface area contributed by atoms with Crippen molar-refractivity contribution in [3.63, 3.8) is 0 Å². The van der Waals surface area contributed by atoms with Crippen LogP contribution < -0.4 is 16.0 Å². The Kier molecular flexibility index (Phi) is 12.7. The number of hydrogen-bond donors (Lipinski definition) is 5. The van der Waals surface area contributed by atoms with Gasteiger partial charge in [-0.05, 0) is 48.5 Å². The van der Waals surface area contributed by atoms with Crippen LogP contribution in [0, 0.1) is 23.7 Å². The molecule has 5 N–H and O–H groups in total. The maximum Gasteiger partial charge on any atom is 0.326 e. The summed E-state index contributed by atoms with van der Waals surface area (Å²) in [5.41, 5.74) is 0.669. The minimum absolute atomic E-state index is 0.0238. The molecule has 4 amide bonds. The van der Waals surface area contributed by atoms with Gasteiger partial charge in [-0.3, -0.25) is 24.0 Å². The van der Waals surface area contributed by atoms with Gasteiger partial charge in [0, 0.05) is 13.0 Å². The quantitative estimate of drug-likeness (QED) is 0.181. The number of aliphatic hydroxyl groups is 1. The molecule has 1 heterocycles. The highest BCUT2D eigenvalue weighted by molar-refractivity contribution is 6.38. The number of ketones is 1. The minimum atomic E-state index is -1.35. The van der Waals surface area contributed by atoms with Crippen LogP contribution in [0.2, 0.25) is 0 Å². The maximum atomic E-state index is 13.9. The Bertz CT molecular complexity index is 1240. The van der Waals surface area contributed by atoms with Gasteiger partial charge in [-0.15, -0.1) is 0 Å². The van der Waals surface area contributed by atoms with Gasteiger partial charge in [0.15, 0.2) is 0 Å². The number of aliphatic hydroxyl groups excluding tert-OH is 1. The predicted octanol–water partition coefficient (Wildman–Crippen LogP) is 1.44. The lowest BCUT2D eigenvalue weighted by Gasteiger charge is -2.33. The summed E-state index contributed by atoms with van der Waals surface area (Å²) in [5.74, 6) is -5.79. The molecular formula is C33H48N4O8. The van der Waals surface area contributed by atoms with Gasteiger partial charge >= 0.3 is 5.97 Å². The molecule has 7 atom stereocenters. The van der Waals surface area contributed by atoms with Crippen molar-refractivity contribution in [1.82, 2.24) is 20.9 Å². The van der Waals surface area contributed by atoms with Crippen molar-refractivity contribution in [2.24, 2.45) is 23.7 Å². The third-order valence-corrected chi connectivity index (χ3v) is 8.89. The molecule has 0 radical (unpaired) electrons. The van der Waals surface area contributed by atoms with Crippen molar-refractivity contribution < 1.29 is 39.0 Å². The van der Waals surface area contributed by atoms with E-state index in [-0.39, 0.29) is 36.5 Å². The number of carbonyl (C=O) groups excluding carboxylic acids is 5. The van der Waals surface area contributed by atoms with Crippen LogP contribution >= 0.6 is 0 Å². The lowest BCUT2D eigenvalue weighted by molar-refractivity contribution is -0.146. The van der Waals surface area contributed by atoms with E-state index in [1.54, 1.807) is 65.0 Å². The van der Waals surface area contributed by atoms with Gasteiger partial charge in [-0.2, -0.15) is 0 Å². The molecule has 0 bridgehead atoms. The molecular weight excluding hydrogens is 580 g/mol. The number of aliphatic carboxylic acids is 1. The number of amides is 4. The second-order valence-corrected chi connectivity index (χ2v) is 13.0. The Morgan fingerprint density at radius 3 is 2.16 bits per heavy atom. The van der Waals surface area contributed by atoms with Crippen LogP contribution in [-0.2, 0) is 35.2 Å². The molecule has 0 spiro atoms. The number of hydrogen-bond acceptors (Lipinski definition) is 7. The summed E-state index contributed by atoms with van der Waals surface area (Å²) in [7, 11) is 0. The van der Waals surface area contributed by atoms with E-state index < -0.39 is 65.7 Å². The second-order valence-electron chi connectivity index (χ2n) is 13.0. The van der Waals surface area contributed by atoms with Crippen LogP contribution in [-0.4, -0.2) is 87.3 Å². The minimum Gasteiger partial charge on any atom is -0.480 e. The topological polar surface area (TPSA) is 182 Å². The smallest absolute Gasteiger partial charge is 0.326 e. The molecule has 1 saturated carbocycles. The van der Waals surface area contributed by atoms with Crippen LogP contribution in [0.4, 0.5) is 0 Å². The van der Waals surface area contributed by atoms with Crippen molar-refractivity contribution in [3.8, 4) is 0 Å². The van der Waals surface area contributed by atoms with Crippen LogP contribution in [0.5, 0.6) is 0 Å². The van der Waals surface area contributed by atoms with Gasteiger partial charge in [-0.1, -0.05) is 77.8 Å². The van der Waals surface area contributed by atoms with Gasteiger partial charge in [0.25, 0.3) is 5.91 Å². The summed E-state index contributed by atoms with van der Waals surface area (Å²) in [6, 6.07) is 4.26. The standard InChI is InChI=1S/C33H48N4O8/c1-6-11-23(28(39)31(42)35-24(33(44)45)16-20-12-8-7-9-13-20)34-29(40)26-22-15-10-14-21(22)17-37(26)32(43)25(18(2)3)36-30(41)27(38)19(4)5/h7-9,12-13,18-19,21-27,38H,6,10-11,14-17H2,1-5H3,(H,34,40)(H,35,42)(H,36,41)(H,44,45)/t21-,22-,23?,24?,25-,26-,27-/m0/s1. The molecule has 3 rings (SSSR count). The fourth-order valence-corrected chi connectivity index (χ4v) is 6.35. The van der Waals surface area contributed by atoms with E-state index in [9.17, 15) is 39.0 Å². The number of benzene rings is 1. The van der Waals surface area contributed by atoms with Gasteiger partial charge < -0.3 is 31.1 Å². The molecule has 12 nitrogen and oxygen atoms in total. The van der Waals surface area contributed by atoms with Gasteiger partial charge in [-0.25, -0.2) is 4.79 Å². The SMILES string of the molecule is CCCC(NC(=O)[C@@H]1[C@H]2CCC[C@H]2CN1C(=O)[C@@H](NC(=O)[C@@H](O)C(C)C)C(C)C)C(=O)C(=O)NC(Cc1ccccc1)C(=O)O. The summed E-state index contributed by atoms with van der Waals surface area (Å²) >= 11 is 0.